The molecule has 2 fully saturated rings. The van der Waals surface area contributed by atoms with Gasteiger partial charge in [-0.1, -0.05) is 0 Å². The van der Waals surface area contributed by atoms with Gasteiger partial charge in [-0.3, -0.25) is 9.59 Å². The summed E-state index contributed by atoms with van der Waals surface area (Å²) in [5, 5.41) is 19.6. The van der Waals surface area contributed by atoms with Crippen molar-refractivity contribution >= 4 is 27.8 Å². The van der Waals surface area contributed by atoms with Gasteiger partial charge in [-0.25, -0.2) is 18.2 Å². The first-order valence-electron chi connectivity index (χ1n) is 15.3. The highest BCUT2D eigenvalue weighted by molar-refractivity contribution is 7.89. The van der Waals surface area contributed by atoms with E-state index >= 15 is 0 Å². The second-order valence-electron chi connectivity index (χ2n) is 11.6. The first-order chi connectivity index (χ1) is 20.6. The number of nitrogens with zero attached hydrogens (tertiary/aromatic N) is 1. The molecule has 3 aliphatic rings. The van der Waals surface area contributed by atoms with Crippen molar-refractivity contribution in [3.8, 4) is 11.5 Å². The third kappa shape index (κ3) is 9.52. The lowest BCUT2D eigenvalue weighted by molar-refractivity contribution is -0.150. The molecule has 3 heterocycles. The molecule has 1 unspecified atom stereocenters. The lowest BCUT2D eigenvalue weighted by Gasteiger charge is -2.28. The molecule has 0 spiro atoms. The van der Waals surface area contributed by atoms with E-state index < -0.39 is 34.5 Å². The van der Waals surface area contributed by atoms with Gasteiger partial charge in [0.15, 0.2) is 11.5 Å². The Balaban J connectivity index is 1.40. The molecule has 2 saturated heterocycles. The number of fused-ring (bicyclic) bond motifs is 1. The molecule has 1 aromatic rings. The van der Waals surface area contributed by atoms with Gasteiger partial charge in [0.1, 0.15) is 19.3 Å². The van der Waals surface area contributed by atoms with E-state index in [-0.39, 0.29) is 29.1 Å². The summed E-state index contributed by atoms with van der Waals surface area (Å²) in [5.74, 6) is -1.13. The third-order valence-electron chi connectivity index (χ3n) is 8.60. The summed E-state index contributed by atoms with van der Waals surface area (Å²) >= 11 is 0. The summed E-state index contributed by atoms with van der Waals surface area (Å²) in [7, 11) is -4.38. The number of hydrogen-bond acceptors (Lipinski definition) is 9. The van der Waals surface area contributed by atoms with Gasteiger partial charge in [-0.05, 0) is 108 Å². The standard InChI is InChI=1S/C29H45N5O8S/c1-20(29(37)38)34(33-43(39,40)24-6-7-25-26(18-24)42-17-16-41-25)27(35)19-32-28(36)23(4-2-21-8-12-30-13-9-21)5-3-22-10-14-31-15-11-22/h6-7,18,20-23,30-31,33H,2-5,8-17,19H2,1H3,(H,32,36)(H,37,38). The summed E-state index contributed by atoms with van der Waals surface area (Å²) in [6.45, 7) is 5.14. The number of nitrogens with one attached hydrogen (secondary N) is 4. The number of aliphatic carboxylic acids is 1. The Morgan fingerprint density at radius 1 is 0.953 bits per heavy atom. The first kappa shape index (κ1) is 33.0. The van der Waals surface area contributed by atoms with Crippen LogP contribution in [0.4, 0.5) is 0 Å². The Kier molecular flexibility index (Phi) is 12.0. The SMILES string of the molecule is CC(C(=O)O)N(NS(=O)(=O)c1ccc2c(c1)OCCO2)C(=O)CNC(=O)C(CCC1CCNCC1)CCC1CCNCC1. The Hall–Kier alpha value is -2.94. The zero-order valence-corrected chi connectivity index (χ0v) is 25.6. The summed E-state index contributed by atoms with van der Waals surface area (Å²) in [6, 6.07) is 2.43. The van der Waals surface area contributed by atoms with Gasteiger partial charge in [0, 0.05) is 12.0 Å². The molecule has 3 aliphatic heterocycles. The number of carboxylic acid groups (broad SMARTS) is 1. The van der Waals surface area contributed by atoms with Crippen molar-refractivity contribution in [2.45, 2.75) is 69.2 Å². The van der Waals surface area contributed by atoms with E-state index in [1.807, 2.05) is 0 Å². The number of amides is 2. The summed E-state index contributed by atoms with van der Waals surface area (Å²) in [4.78, 5) is 40.3. The van der Waals surface area contributed by atoms with Crippen LogP contribution in [0.2, 0.25) is 0 Å². The molecule has 13 nitrogen and oxygen atoms in total. The normalized spacial score (nSPS) is 18.7. The second kappa shape index (κ2) is 15.7. The molecule has 1 aromatic carbocycles. The minimum atomic E-state index is -4.38. The van der Waals surface area contributed by atoms with Crippen LogP contribution in [0.25, 0.3) is 0 Å². The fourth-order valence-electron chi connectivity index (χ4n) is 5.84. The number of carboxylic acids is 1. The Labute approximate surface area is 253 Å². The molecule has 43 heavy (non-hydrogen) atoms. The smallest absolute Gasteiger partial charge is 0.327 e. The lowest BCUT2D eigenvalue weighted by Crippen LogP contribution is -2.56. The number of rotatable bonds is 14. The van der Waals surface area contributed by atoms with Crippen molar-refractivity contribution < 1.29 is 37.4 Å². The van der Waals surface area contributed by atoms with Crippen molar-refractivity contribution in [3.05, 3.63) is 18.2 Å². The highest BCUT2D eigenvalue weighted by atomic mass is 32.2. The molecular formula is C29H45N5O8S. The minimum Gasteiger partial charge on any atom is -0.486 e. The number of sulfonamides is 1. The van der Waals surface area contributed by atoms with Gasteiger partial charge in [0.05, 0.1) is 11.4 Å². The van der Waals surface area contributed by atoms with Crippen molar-refractivity contribution in [2.75, 3.05) is 45.9 Å². The zero-order valence-electron chi connectivity index (χ0n) is 24.8. The average molecular weight is 624 g/mol. The van der Waals surface area contributed by atoms with Crippen LogP contribution in [0, 0.1) is 17.8 Å². The van der Waals surface area contributed by atoms with E-state index in [4.69, 9.17) is 9.47 Å². The highest BCUT2D eigenvalue weighted by Gasteiger charge is 2.32. The van der Waals surface area contributed by atoms with Crippen LogP contribution in [0.15, 0.2) is 23.1 Å². The molecule has 0 aliphatic carbocycles. The van der Waals surface area contributed by atoms with Gasteiger partial charge in [-0.15, -0.1) is 4.83 Å². The fourth-order valence-corrected chi connectivity index (χ4v) is 6.98. The van der Waals surface area contributed by atoms with Crippen molar-refractivity contribution in [2.24, 2.45) is 17.8 Å². The van der Waals surface area contributed by atoms with Crippen molar-refractivity contribution in [1.82, 2.24) is 25.8 Å². The Morgan fingerprint density at radius 3 is 2.07 bits per heavy atom. The number of benzene rings is 1. The molecule has 0 radical (unpaired) electrons. The third-order valence-corrected chi connectivity index (χ3v) is 9.92. The van der Waals surface area contributed by atoms with E-state index in [1.54, 1.807) is 0 Å². The largest absolute Gasteiger partial charge is 0.486 e. The second-order valence-corrected chi connectivity index (χ2v) is 13.3. The Morgan fingerprint density at radius 2 is 1.51 bits per heavy atom. The van der Waals surface area contributed by atoms with Crippen LogP contribution in [0.1, 0.15) is 58.3 Å². The van der Waals surface area contributed by atoms with E-state index in [1.165, 1.54) is 25.1 Å². The zero-order chi connectivity index (χ0) is 30.8. The predicted octanol–water partition coefficient (Wildman–Crippen LogP) is 1.24. The van der Waals surface area contributed by atoms with Crippen LogP contribution in [0.5, 0.6) is 11.5 Å². The molecular weight excluding hydrogens is 578 g/mol. The monoisotopic (exact) mass is 623 g/mol. The highest BCUT2D eigenvalue weighted by Crippen LogP contribution is 2.32. The summed E-state index contributed by atoms with van der Waals surface area (Å²) in [5.41, 5.74) is 0. The van der Waals surface area contributed by atoms with Crippen molar-refractivity contribution in [3.63, 3.8) is 0 Å². The fraction of sp³-hybridized carbons (Fsp3) is 0.690. The molecule has 1 atom stereocenters. The number of piperidine rings is 2. The molecule has 14 heteroatoms. The van der Waals surface area contributed by atoms with E-state index in [9.17, 15) is 27.9 Å². The van der Waals surface area contributed by atoms with Gasteiger partial charge >= 0.3 is 5.97 Å². The average Bonchev–Trinajstić information content (AvgIpc) is 3.02. The number of carbonyl (C=O) groups excluding carboxylic acids is 2. The predicted molar refractivity (Wildman–Crippen MR) is 158 cm³/mol. The van der Waals surface area contributed by atoms with Gasteiger partial charge in [-0.2, -0.15) is 0 Å². The van der Waals surface area contributed by atoms with Gasteiger partial charge < -0.3 is 30.5 Å². The Bertz CT molecular complexity index is 1200. The van der Waals surface area contributed by atoms with Crippen molar-refractivity contribution in [1.29, 1.82) is 0 Å². The molecule has 5 N–H and O–H groups in total. The number of ether oxygens (including phenoxy) is 2. The van der Waals surface area contributed by atoms with Gasteiger partial charge in [0.2, 0.25) is 5.91 Å². The van der Waals surface area contributed by atoms with Gasteiger partial charge in [0.25, 0.3) is 15.9 Å². The maximum atomic E-state index is 13.4. The minimum absolute atomic E-state index is 0.227. The number of hydrazine groups is 1. The number of hydrogen-bond donors (Lipinski definition) is 5. The van der Waals surface area contributed by atoms with Crippen LogP contribution in [0.3, 0.4) is 0 Å². The molecule has 0 bridgehead atoms. The number of carbonyl (C=O) groups is 3. The van der Waals surface area contributed by atoms with Crippen LogP contribution < -0.4 is 30.3 Å². The molecule has 0 aromatic heterocycles. The van der Waals surface area contributed by atoms with Crippen LogP contribution in [-0.2, 0) is 24.4 Å². The summed E-state index contributed by atoms with van der Waals surface area (Å²) in [6.07, 6.45) is 7.58. The molecule has 0 saturated carbocycles. The first-order valence-corrected chi connectivity index (χ1v) is 16.8. The maximum absolute atomic E-state index is 13.4. The molecule has 2 amide bonds. The lowest BCUT2D eigenvalue weighted by atomic mass is 9.84. The topological polar surface area (TPSA) is 175 Å². The van der Waals surface area contributed by atoms with E-state index in [0.29, 0.717) is 42.0 Å². The van der Waals surface area contributed by atoms with Crippen LogP contribution >= 0.6 is 0 Å². The molecule has 240 valence electrons. The van der Waals surface area contributed by atoms with E-state index in [0.717, 1.165) is 64.7 Å². The maximum Gasteiger partial charge on any atom is 0.327 e. The van der Waals surface area contributed by atoms with Crippen LogP contribution in [-0.4, -0.2) is 88.3 Å². The molecule has 4 rings (SSSR count). The van der Waals surface area contributed by atoms with E-state index in [2.05, 4.69) is 20.8 Å². The quantitative estimate of drug-likeness (QED) is 0.190. The summed E-state index contributed by atoms with van der Waals surface area (Å²) < 4.78 is 37.3.